The lowest BCUT2D eigenvalue weighted by Gasteiger charge is -2.16. The molecule has 2 fully saturated rings. The molecule has 110 valence electrons. The lowest BCUT2D eigenvalue weighted by atomic mass is 10.1. The molecule has 3 N–H and O–H groups in total. The van der Waals surface area contributed by atoms with Crippen LogP contribution < -0.4 is 11.1 Å². The van der Waals surface area contributed by atoms with Gasteiger partial charge in [0.1, 0.15) is 10.8 Å². The molecule has 5 heteroatoms. The third kappa shape index (κ3) is 2.63. The van der Waals surface area contributed by atoms with E-state index in [1.807, 2.05) is 18.2 Å². The summed E-state index contributed by atoms with van der Waals surface area (Å²) in [4.78, 5) is 2.62. The molecule has 1 aliphatic carbocycles. The SMILES string of the molecule is Nc1nsc(NC2CCN(C3CC3)C2)c1-c1ccccc1. The maximum absolute atomic E-state index is 6.08. The van der Waals surface area contributed by atoms with Gasteiger partial charge in [-0.05, 0) is 36.4 Å². The van der Waals surface area contributed by atoms with Gasteiger partial charge in [0.25, 0.3) is 0 Å². The Hall–Kier alpha value is -1.59. The molecule has 1 saturated heterocycles. The van der Waals surface area contributed by atoms with Gasteiger partial charge < -0.3 is 11.1 Å². The molecule has 1 aromatic heterocycles. The van der Waals surface area contributed by atoms with Gasteiger partial charge in [-0.3, -0.25) is 4.90 Å². The van der Waals surface area contributed by atoms with E-state index >= 15 is 0 Å². The lowest BCUT2D eigenvalue weighted by Crippen LogP contribution is -2.27. The minimum atomic E-state index is 0.521. The first-order chi connectivity index (χ1) is 10.3. The van der Waals surface area contributed by atoms with Crippen LogP contribution in [0.1, 0.15) is 19.3 Å². The van der Waals surface area contributed by atoms with Crippen molar-refractivity contribution in [3.05, 3.63) is 30.3 Å². The Morgan fingerprint density at radius 2 is 2.00 bits per heavy atom. The van der Waals surface area contributed by atoms with Crippen LogP contribution in [0.2, 0.25) is 0 Å². The number of benzene rings is 1. The molecule has 1 unspecified atom stereocenters. The van der Waals surface area contributed by atoms with Crippen molar-refractivity contribution in [2.75, 3.05) is 24.1 Å². The first kappa shape index (κ1) is 13.1. The maximum atomic E-state index is 6.08. The van der Waals surface area contributed by atoms with E-state index in [0.717, 1.165) is 28.7 Å². The molecule has 0 amide bonds. The normalized spacial score (nSPS) is 22.6. The highest BCUT2D eigenvalue weighted by Gasteiger charge is 2.34. The Kier molecular flexibility index (Phi) is 3.31. The zero-order chi connectivity index (χ0) is 14.2. The molecule has 4 nitrogen and oxygen atoms in total. The first-order valence-corrected chi connectivity index (χ1v) is 8.40. The summed E-state index contributed by atoms with van der Waals surface area (Å²) in [5.41, 5.74) is 8.28. The van der Waals surface area contributed by atoms with Crippen LogP contribution in [0.3, 0.4) is 0 Å². The van der Waals surface area contributed by atoms with Crippen LogP contribution >= 0.6 is 11.5 Å². The van der Waals surface area contributed by atoms with Crippen molar-refractivity contribution >= 4 is 22.4 Å². The van der Waals surface area contributed by atoms with Crippen molar-refractivity contribution < 1.29 is 0 Å². The van der Waals surface area contributed by atoms with E-state index in [4.69, 9.17) is 5.73 Å². The monoisotopic (exact) mass is 300 g/mol. The molecule has 21 heavy (non-hydrogen) atoms. The fraction of sp³-hybridized carbons (Fsp3) is 0.438. The number of aromatic nitrogens is 1. The van der Waals surface area contributed by atoms with Gasteiger partial charge in [0.15, 0.2) is 0 Å². The summed E-state index contributed by atoms with van der Waals surface area (Å²) in [7, 11) is 0. The fourth-order valence-corrected chi connectivity index (χ4v) is 3.96. The number of likely N-dealkylation sites (tertiary alicyclic amines) is 1. The third-order valence-electron chi connectivity index (χ3n) is 4.40. The average Bonchev–Trinajstić information content (AvgIpc) is 3.15. The van der Waals surface area contributed by atoms with Gasteiger partial charge in [0.05, 0.1) is 5.56 Å². The molecule has 0 bridgehead atoms. The Balaban J connectivity index is 1.53. The number of nitrogens with two attached hydrogens (primary N) is 1. The summed E-state index contributed by atoms with van der Waals surface area (Å²) >= 11 is 1.48. The first-order valence-electron chi connectivity index (χ1n) is 7.62. The Labute approximate surface area is 129 Å². The molecule has 2 aromatic rings. The quantitative estimate of drug-likeness (QED) is 0.911. The van der Waals surface area contributed by atoms with Gasteiger partial charge in [-0.15, -0.1) is 0 Å². The second kappa shape index (κ2) is 5.31. The van der Waals surface area contributed by atoms with Crippen LogP contribution in [0.5, 0.6) is 0 Å². The van der Waals surface area contributed by atoms with E-state index in [9.17, 15) is 0 Å². The van der Waals surface area contributed by atoms with Crippen LogP contribution in [0.4, 0.5) is 10.8 Å². The van der Waals surface area contributed by atoms with Crippen LogP contribution in [0, 0.1) is 0 Å². The van der Waals surface area contributed by atoms with Crippen molar-refractivity contribution in [3.8, 4) is 11.1 Å². The zero-order valence-electron chi connectivity index (χ0n) is 12.0. The van der Waals surface area contributed by atoms with E-state index in [1.165, 1.54) is 37.3 Å². The van der Waals surface area contributed by atoms with Gasteiger partial charge in [-0.25, -0.2) is 0 Å². The Bertz CT molecular complexity index is 620. The van der Waals surface area contributed by atoms with Crippen molar-refractivity contribution in [3.63, 3.8) is 0 Å². The number of hydrogen-bond donors (Lipinski definition) is 2. The zero-order valence-corrected chi connectivity index (χ0v) is 12.8. The predicted molar refractivity (Wildman–Crippen MR) is 88.6 cm³/mol. The van der Waals surface area contributed by atoms with Gasteiger partial charge in [0.2, 0.25) is 0 Å². The van der Waals surface area contributed by atoms with Crippen LogP contribution in [-0.2, 0) is 0 Å². The van der Waals surface area contributed by atoms with Gasteiger partial charge in [-0.1, -0.05) is 30.3 Å². The largest absolute Gasteiger partial charge is 0.382 e. The standard InChI is InChI=1S/C16H20N4S/c17-15-14(11-4-2-1-3-5-11)16(21-19-15)18-12-8-9-20(10-12)13-6-7-13/h1-5,12-13,18H,6-10H2,(H2,17,19). The molecule has 1 atom stereocenters. The minimum Gasteiger partial charge on any atom is -0.382 e. The van der Waals surface area contributed by atoms with Crippen LogP contribution in [0.15, 0.2) is 30.3 Å². The molecule has 0 spiro atoms. The topological polar surface area (TPSA) is 54.2 Å². The molecule has 1 saturated carbocycles. The average molecular weight is 300 g/mol. The van der Waals surface area contributed by atoms with E-state index in [1.54, 1.807) is 0 Å². The van der Waals surface area contributed by atoms with Gasteiger partial charge in [0, 0.05) is 25.2 Å². The summed E-state index contributed by atoms with van der Waals surface area (Å²) < 4.78 is 4.34. The molecule has 1 aromatic carbocycles. The van der Waals surface area contributed by atoms with Crippen molar-refractivity contribution in [1.29, 1.82) is 0 Å². The van der Waals surface area contributed by atoms with E-state index < -0.39 is 0 Å². The highest BCUT2D eigenvalue weighted by atomic mass is 32.1. The summed E-state index contributed by atoms with van der Waals surface area (Å²) in [6, 6.07) is 11.7. The number of anilines is 2. The van der Waals surface area contributed by atoms with Crippen molar-refractivity contribution in [2.45, 2.75) is 31.3 Å². The smallest absolute Gasteiger partial charge is 0.147 e. The molecule has 4 rings (SSSR count). The van der Waals surface area contributed by atoms with Crippen molar-refractivity contribution in [1.82, 2.24) is 9.27 Å². The molecule has 1 aliphatic heterocycles. The number of nitrogens with zero attached hydrogens (tertiary/aromatic N) is 2. The van der Waals surface area contributed by atoms with Gasteiger partial charge in [-0.2, -0.15) is 4.37 Å². The molecular weight excluding hydrogens is 280 g/mol. The van der Waals surface area contributed by atoms with E-state index in [2.05, 4.69) is 26.7 Å². The third-order valence-corrected chi connectivity index (χ3v) is 5.19. The maximum Gasteiger partial charge on any atom is 0.147 e. The molecular formula is C16H20N4S. The summed E-state index contributed by atoms with van der Waals surface area (Å²) in [5, 5.41) is 4.79. The summed E-state index contributed by atoms with van der Waals surface area (Å²) in [5.74, 6) is 0.630. The Morgan fingerprint density at radius 1 is 1.19 bits per heavy atom. The fourth-order valence-electron chi connectivity index (χ4n) is 3.15. The number of nitrogens with one attached hydrogen (secondary N) is 1. The van der Waals surface area contributed by atoms with Crippen LogP contribution in [-0.4, -0.2) is 34.4 Å². The second-order valence-electron chi connectivity index (χ2n) is 5.99. The van der Waals surface area contributed by atoms with Gasteiger partial charge >= 0.3 is 0 Å². The number of hydrogen-bond acceptors (Lipinski definition) is 5. The highest BCUT2D eigenvalue weighted by Crippen LogP contribution is 2.38. The minimum absolute atomic E-state index is 0.521. The van der Waals surface area contributed by atoms with E-state index in [0.29, 0.717) is 11.9 Å². The molecule has 2 aliphatic rings. The number of rotatable bonds is 4. The number of nitrogen functional groups attached to an aromatic ring is 1. The molecule has 0 radical (unpaired) electrons. The van der Waals surface area contributed by atoms with Crippen molar-refractivity contribution in [2.24, 2.45) is 0 Å². The predicted octanol–water partition coefficient (Wildman–Crippen LogP) is 3.04. The van der Waals surface area contributed by atoms with E-state index in [-0.39, 0.29) is 0 Å². The summed E-state index contributed by atoms with van der Waals surface area (Å²) in [6.45, 7) is 2.37. The lowest BCUT2D eigenvalue weighted by molar-refractivity contribution is 0.326. The Morgan fingerprint density at radius 3 is 2.76 bits per heavy atom. The highest BCUT2D eigenvalue weighted by molar-refractivity contribution is 7.11. The molecule has 2 heterocycles. The van der Waals surface area contributed by atoms with Crippen LogP contribution in [0.25, 0.3) is 11.1 Å². The summed E-state index contributed by atoms with van der Waals surface area (Å²) in [6.07, 6.45) is 3.98. The second-order valence-corrected chi connectivity index (χ2v) is 6.77.